The SMILES string of the molecule is CC1(C)CN(Cc2cccc3c2CN(C2CCC(=O)NC2=O)C3=O)CCC1N. The summed E-state index contributed by atoms with van der Waals surface area (Å²) in [7, 11) is 0. The van der Waals surface area contributed by atoms with E-state index in [-0.39, 0.29) is 35.6 Å². The Morgan fingerprint density at radius 1 is 1.21 bits per heavy atom. The fourth-order valence-corrected chi connectivity index (χ4v) is 4.66. The predicted molar refractivity (Wildman–Crippen MR) is 104 cm³/mol. The van der Waals surface area contributed by atoms with E-state index >= 15 is 0 Å². The van der Waals surface area contributed by atoms with Crippen molar-refractivity contribution in [3.63, 3.8) is 0 Å². The van der Waals surface area contributed by atoms with Gasteiger partial charge in [-0.05, 0) is 35.4 Å². The Balaban J connectivity index is 1.53. The maximum absolute atomic E-state index is 12.9. The van der Waals surface area contributed by atoms with E-state index in [1.807, 2.05) is 12.1 Å². The molecule has 0 aliphatic carbocycles. The first kappa shape index (κ1) is 19.1. The van der Waals surface area contributed by atoms with E-state index in [2.05, 4.69) is 30.1 Å². The molecule has 0 bridgehead atoms. The highest BCUT2D eigenvalue weighted by atomic mass is 16.2. The van der Waals surface area contributed by atoms with Crippen molar-refractivity contribution in [2.75, 3.05) is 13.1 Å². The average molecular weight is 384 g/mol. The van der Waals surface area contributed by atoms with Crippen LogP contribution in [0.1, 0.15) is 54.6 Å². The molecule has 2 unspecified atom stereocenters. The van der Waals surface area contributed by atoms with Gasteiger partial charge in [0.05, 0.1) is 0 Å². The topological polar surface area (TPSA) is 95.7 Å². The van der Waals surface area contributed by atoms with Crippen LogP contribution in [0, 0.1) is 5.41 Å². The fourth-order valence-electron chi connectivity index (χ4n) is 4.66. The van der Waals surface area contributed by atoms with Crippen molar-refractivity contribution >= 4 is 17.7 Å². The molecule has 28 heavy (non-hydrogen) atoms. The lowest BCUT2D eigenvalue weighted by atomic mass is 9.79. The molecule has 3 amide bonds. The largest absolute Gasteiger partial charge is 0.327 e. The quantitative estimate of drug-likeness (QED) is 0.758. The van der Waals surface area contributed by atoms with Crippen LogP contribution in [-0.4, -0.2) is 52.7 Å². The number of nitrogens with two attached hydrogens (primary N) is 1. The summed E-state index contributed by atoms with van der Waals surface area (Å²) >= 11 is 0. The molecule has 1 aromatic rings. The number of rotatable bonds is 3. The zero-order valence-corrected chi connectivity index (χ0v) is 16.5. The summed E-state index contributed by atoms with van der Waals surface area (Å²) in [4.78, 5) is 40.6. The molecule has 2 fully saturated rings. The Hall–Kier alpha value is -2.25. The van der Waals surface area contributed by atoms with Crippen molar-refractivity contribution in [2.45, 2.75) is 58.3 Å². The van der Waals surface area contributed by atoms with Gasteiger partial charge in [-0.15, -0.1) is 0 Å². The molecule has 2 atom stereocenters. The third kappa shape index (κ3) is 3.33. The lowest BCUT2D eigenvalue weighted by molar-refractivity contribution is -0.136. The average Bonchev–Trinajstić information content (AvgIpc) is 2.96. The second kappa shape index (κ2) is 6.97. The minimum atomic E-state index is -0.572. The number of benzene rings is 1. The fraction of sp³-hybridized carbons (Fsp3) is 0.571. The van der Waals surface area contributed by atoms with Gasteiger partial charge in [0, 0.05) is 44.2 Å². The van der Waals surface area contributed by atoms with Crippen LogP contribution in [0.5, 0.6) is 0 Å². The van der Waals surface area contributed by atoms with Crippen LogP contribution in [0.15, 0.2) is 18.2 Å². The first-order valence-electron chi connectivity index (χ1n) is 9.99. The first-order chi connectivity index (χ1) is 13.3. The van der Waals surface area contributed by atoms with Gasteiger partial charge in [0.15, 0.2) is 0 Å². The molecular weight excluding hydrogens is 356 g/mol. The third-order valence-electron chi connectivity index (χ3n) is 6.46. The zero-order valence-electron chi connectivity index (χ0n) is 16.5. The Labute approximate surface area is 165 Å². The van der Waals surface area contributed by atoms with E-state index in [4.69, 9.17) is 5.73 Å². The molecule has 7 nitrogen and oxygen atoms in total. The minimum Gasteiger partial charge on any atom is -0.327 e. The Bertz CT molecular complexity index is 835. The number of piperidine rings is 2. The normalized spacial score (nSPS) is 27.7. The molecule has 0 spiro atoms. The second-order valence-corrected chi connectivity index (χ2v) is 8.94. The number of carbonyl (C=O) groups excluding carboxylic acids is 3. The van der Waals surface area contributed by atoms with E-state index in [0.717, 1.165) is 37.2 Å². The molecule has 0 saturated carbocycles. The van der Waals surface area contributed by atoms with Gasteiger partial charge < -0.3 is 10.6 Å². The van der Waals surface area contributed by atoms with Crippen molar-refractivity contribution in [3.8, 4) is 0 Å². The molecular formula is C21H28N4O3. The highest BCUT2D eigenvalue weighted by Crippen LogP contribution is 2.33. The monoisotopic (exact) mass is 384 g/mol. The van der Waals surface area contributed by atoms with E-state index in [1.54, 1.807) is 4.90 Å². The number of hydrogen-bond acceptors (Lipinski definition) is 5. The Kier molecular flexibility index (Phi) is 4.75. The molecule has 2 saturated heterocycles. The van der Waals surface area contributed by atoms with Gasteiger partial charge in [-0.1, -0.05) is 26.0 Å². The van der Waals surface area contributed by atoms with Crippen LogP contribution < -0.4 is 11.1 Å². The summed E-state index contributed by atoms with van der Waals surface area (Å²) < 4.78 is 0. The van der Waals surface area contributed by atoms with Crippen molar-refractivity contribution in [1.29, 1.82) is 0 Å². The van der Waals surface area contributed by atoms with Gasteiger partial charge in [0.1, 0.15) is 6.04 Å². The summed E-state index contributed by atoms with van der Waals surface area (Å²) in [5.41, 5.74) is 9.13. The maximum Gasteiger partial charge on any atom is 0.255 e. The van der Waals surface area contributed by atoms with Gasteiger partial charge >= 0.3 is 0 Å². The summed E-state index contributed by atoms with van der Waals surface area (Å²) in [6, 6.07) is 5.46. The molecule has 7 heteroatoms. The van der Waals surface area contributed by atoms with Crippen molar-refractivity contribution in [2.24, 2.45) is 11.1 Å². The van der Waals surface area contributed by atoms with E-state index in [9.17, 15) is 14.4 Å². The molecule has 3 aliphatic heterocycles. The molecule has 1 aromatic carbocycles. The summed E-state index contributed by atoms with van der Waals surface area (Å²) in [5, 5.41) is 2.36. The highest BCUT2D eigenvalue weighted by Gasteiger charge is 2.40. The van der Waals surface area contributed by atoms with Crippen molar-refractivity contribution < 1.29 is 14.4 Å². The Morgan fingerprint density at radius 3 is 2.71 bits per heavy atom. The van der Waals surface area contributed by atoms with Gasteiger partial charge in [-0.3, -0.25) is 24.6 Å². The number of carbonyl (C=O) groups is 3. The number of nitrogens with zero attached hydrogens (tertiary/aromatic N) is 2. The zero-order chi connectivity index (χ0) is 20.1. The summed E-state index contributed by atoms with van der Waals surface area (Å²) in [5.74, 6) is -0.755. The highest BCUT2D eigenvalue weighted by molar-refractivity contribution is 6.05. The summed E-state index contributed by atoms with van der Waals surface area (Å²) in [6.07, 6.45) is 1.62. The number of amides is 3. The predicted octanol–water partition coefficient (Wildman–Crippen LogP) is 1.01. The standard InChI is InChI=1S/C21H28N4O3/c1-21(2)12-24(9-8-17(21)22)10-13-4-3-5-14-15(13)11-25(20(14)28)16-6-7-18(26)23-19(16)27/h3-5,16-17H,6-12,22H2,1-2H3,(H,23,26,27). The maximum atomic E-state index is 12.9. The van der Waals surface area contributed by atoms with Gasteiger partial charge in [0.25, 0.3) is 5.91 Å². The smallest absolute Gasteiger partial charge is 0.255 e. The van der Waals surface area contributed by atoms with Crippen LogP contribution >= 0.6 is 0 Å². The Morgan fingerprint density at radius 2 is 2.00 bits per heavy atom. The number of imide groups is 1. The first-order valence-corrected chi connectivity index (χ1v) is 9.99. The van der Waals surface area contributed by atoms with Crippen LogP contribution in [0.2, 0.25) is 0 Å². The van der Waals surface area contributed by atoms with Crippen molar-refractivity contribution in [1.82, 2.24) is 15.1 Å². The lowest BCUT2D eigenvalue weighted by Gasteiger charge is -2.42. The lowest BCUT2D eigenvalue weighted by Crippen LogP contribution is -2.52. The second-order valence-electron chi connectivity index (χ2n) is 8.94. The van der Waals surface area contributed by atoms with Crippen molar-refractivity contribution in [3.05, 3.63) is 34.9 Å². The van der Waals surface area contributed by atoms with E-state index < -0.39 is 6.04 Å². The van der Waals surface area contributed by atoms with E-state index in [1.165, 1.54) is 0 Å². The molecule has 150 valence electrons. The van der Waals surface area contributed by atoms with Gasteiger partial charge in [-0.2, -0.15) is 0 Å². The number of nitrogens with one attached hydrogen (secondary N) is 1. The molecule has 0 radical (unpaired) electrons. The van der Waals surface area contributed by atoms with Gasteiger partial charge in [0.2, 0.25) is 11.8 Å². The molecule has 4 rings (SSSR count). The van der Waals surface area contributed by atoms with Crippen LogP contribution in [0.25, 0.3) is 0 Å². The van der Waals surface area contributed by atoms with Gasteiger partial charge in [-0.25, -0.2) is 0 Å². The number of likely N-dealkylation sites (tertiary alicyclic amines) is 1. The molecule has 3 heterocycles. The molecule has 3 aliphatic rings. The molecule has 0 aromatic heterocycles. The number of hydrogen-bond donors (Lipinski definition) is 2. The van der Waals surface area contributed by atoms with Crippen LogP contribution in [0.4, 0.5) is 0 Å². The third-order valence-corrected chi connectivity index (χ3v) is 6.46. The van der Waals surface area contributed by atoms with Crippen LogP contribution in [-0.2, 0) is 22.7 Å². The van der Waals surface area contributed by atoms with Crippen LogP contribution in [0.3, 0.4) is 0 Å². The molecule has 3 N–H and O–H groups in total. The minimum absolute atomic E-state index is 0.0603. The summed E-state index contributed by atoms with van der Waals surface area (Å²) in [6.45, 7) is 7.46. The number of fused-ring (bicyclic) bond motifs is 1. The van der Waals surface area contributed by atoms with E-state index in [0.29, 0.717) is 18.5 Å².